The Labute approximate surface area is 101 Å². The largest absolute Gasteiger partial charge is 0.293 e. The molecule has 88 valence electrons. The van der Waals surface area contributed by atoms with Gasteiger partial charge in [0.15, 0.2) is 15.6 Å². The molecule has 0 spiro atoms. The highest BCUT2D eigenvalue weighted by molar-refractivity contribution is 7.90. The third-order valence-corrected chi connectivity index (χ3v) is 3.43. The van der Waals surface area contributed by atoms with Crippen LogP contribution in [0.5, 0.6) is 0 Å². The second kappa shape index (κ2) is 4.22. The topological polar surface area (TPSA) is 51.2 Å². The van der Waals surface area contributed by atoms with Crippen LogP contribution in [0.15, 0.2) is 29.2 Å². The lowest BCUT2D eigenvalue weighted by Crippen LogP contribution is -2.24. The van der Waals surface area contributed by atoms with Gasteiger partial charge < -0.3 is 0 Å². The van der Waals surface area contributed by atoms with Gasteiger partial charge in [0.2, 0.25) is 0 Å². The molecule has 0 N–H and O–H groups in total. The summed E-state index contributed by atoms with van der Waals surface area (Å²) in [5, 5.41) is 0. The van der Waals surface area contributed by atoms with Gasteiger partial charge >= 0.3 is 0 Å². The molecular weight excluding hydrogens is 244 g/mol. The van der Waals surface area contributed by atoms with Crippen LogP contribution in [-0.2, 0) is 9.84 Å². The van der Waals surface area contributed by atoms with Crippen LogP contribution in [0.1, 0.15) is 24.2 Å². The van der Waals surface area contributed by atoms with Crippen LogP contribution in [0.4, 0.5) is 0 Å². The Morgan fingerprint density at radius 3 is 1.94 bits per heavy atom. The molecule has 0 bridgehead atoms. The van der Waals surface area contributed by atoms with Crippen molar-refractivity contribution in [1.29, 1.82) is 0 Å². The Morgan fingerprint density at radius 2 is 1.62 bits per heavy atom. The van der Waals surface area contributed by atoms with Gasteiger partial charge in [-0.25, -0.2) is 8.42 Å². The predicted molar refractivity (Wildman–Crippen MR) is 66.9 cm³/mol. The van der Waals surface area contributed by atoms with Crippen LogP contribution in [0.3, 0.4) is 0 Å². The molecule has 1 aromatic carbocycles. The Morgan fingerprint density at radius 1 is 1.19 bits per heavy atom. The first-order valence-corrected chi connectivity index (χ1v) is 7.03. The Kier molecular flexibility index (Phi) is 3.50. The van der Waals surface area contributed by atoms with E-state index in [2.05, 4.69) is 12.6 Å². The predicted octanol–water partition coefficient (Wildman–Crippen LogP) is 1.98. The molecule has 0 aromatic heterocycles. The summed E-state index contributed by atoms with van der Waals surface area (Å²) >= 11 is 4.18. The number of carbonyl (C=O) groups excluding carboxylic acids is 1. The van der Waals surface area contributed by atoms with Gasteiger partial charge in [-0.3, -0.25) is 4.79 Å². The zero-order chi connectivity index (χ0) is 12.6. The third-order valence-electron chi connectivity index (χ3n) is 2.10. The van der Waals surface area contributed by atoms with Crippen molar-refractivity contribution in [3.8, 4) is 0 Å². The molecule has 16 heavy (non-hydrogen) atoms. The maximum absolute atomic E-state index is 11.8. The molecule has 0 aliphatic rings. The van der Waals surface area contributed by atoms with E-state index in [9.17, 15) is 13.2 Å². The molecule has 1 aromatic rings. The minimum atomic E-state index is -3.21. The molecule has 0 radical (unpaired) electrons. The molecule has 0 amide bonds. The second-order valence-corrected chi connectivity index (χ2v) is 7.32. The number of thiol groups is 1. The molecular formula is C11H14O3S2. The SMILES string of the molecule is CC(C)(S)C(=O)c1ccc(S(C)(=O)=O)cc1. The molecule has 3 nitrogen and oxygen atoms in total. The quantitative estimate of drug-likeness (QED) is 0.666. The number of hydrogen-bond donors (Lipinski definition) is 1. The second-order valence-electron chi connectivity index (χ2n) is 4.18. The molecule has 5 heteroatoms. The van der Waals surface area contributed by atoms with Gasteiger partial charge in [-0.15, -0.1) is 0 Å². The molecule has 0 unspecified atom stereocenters. The molecule has 0 heterocycles. The number of sulfone groups is 1. The summed E-state index contributed by atoms with van der Waals surface area (Å²) in [6, 6.07) is 5.89. The van der Waals surface area contributed by atoms with Crippen molar-refractivity contribution >= 4 is 28.2 Å². The molecule has 0 atom stereocenters. The molecule has 0 saturated heterocycles. The molecule has 0 fully saturated rings. The van der Waals surface area contributed by atoms with Crippen molar-refractivity contribution in [2.75, 3.05) is 6.26 Å². The Hall–Kier alpha value is -0.810. The van der Waals surface area contributed by atoms with E-state index >= 15 is 0 Å². The number of carbonyl (C=O) groups is 1. The molecule has 1 rings (SSSR count). The van der Waals surface area contributed by atoms with Gasteiger partial charge in [0, 0.05) is 11.8 Å². The van der Waals surface area contributed by atoms with Gasteiger partial charge in [-0.1, -0.05) is 12.1 Å². The lowest BCUT2D eigenvalue weighted by molar-refractivity contribution is 0.0959. The highest BCUT2D eigenvalue weighted by atomic mass is 32.2. The first kappa shape index (κ1) is 13.3. The van der Waals surface area contributed by atoms with E-state index < -0.39 is 14.6 Å². The summed E-state index contributed by atoms with van der Waals surface area (Å²) in [5.41, 5.74) is 0.465. The van der Waals surface area contributed by atoms with E-state index in [1.807, 2.05) is 0 Å². The third kappa shape index (κ3) is 3.09. The number of hydrogen-bond acceptors (Lipinski definition) is 4. The summed E-state index contributed by atoms with van der Waals surface area (Å²) in [7, 11) is -3.21. The van der Waals surface area contributed by atoms with Crippen molar-refractivity contribution in [2.24, 2.45) is 0 Å². The van der Waals surface area contributed by atoms with Gasteiger partial charge in [0.1, 0.15) is 0 Å². The van der Waals surface area contributed by atoms with E-state index in [-0.39, 0.29) is 10.7 Å². The van der Waals surface area contributed by atoms with Crippen LogP contribution in [0, 0.1) is 0 Å². The van der Waals surface area contributed by atoms with Gasteiger partial charge in [-0.05, 0) is 26.0 Å². The molecule has 0 saturated carbocycles. The van der Waals surface area contributed by atoms with E-state index in [1.54, 1.807) is 13.8 Å². The number of benzene rings is 1. The van der Waals surface area contributed by atoms with Crippen LogP contribution < -0.4 is 0 Å². The summed E-state index contributed by atoms with van der Waals surface area (Å²) < 4.78 is 21.7. The van der Waals surface area contributed by atoms with Crippen molar-refractivity contribution in [1.82, 2.24) is 0 Å². The summed E-state index contributed by atoms with van der Waals surface area (Å²) in [6.07, 6.45) is 1.13. The van der Waals surface area contributed by atoms with Gasteiger partial charge in [0.25, 0.3) is 0 Å². The Balaban J connectivity index is 3.10. The van der Waals surface area contributed by atoms with Gasteiger partial charge in [0.05, 0.1) is 9.64 Å². The van der Waals surface area contributed by atoms with Crippen LogP contribution >= 0.6 is 12.6 Å². The lowest BCUT2D eigenvalue weighted by atomic mass is 10.0. The highest BCUT2D eigenvalue weighted by Crippen LogP contribution is 2.20. The lowest BCUT2D eigenvalue weighted by Gasteiger charge is -2.15. The smallest absolute Gasteiger partial charge is 0.178 e. The molecule has 0 aliphatic heterocycles. The minimum absolute atomic E-state index is 0.129. The zero-order valence-corrected chi connectivity index (χ0v) is 11.1. The molecule has 0 aliphatic carbocycles. The van der Waals surface area contributed by atoms with Crippen molar-refractivity contribution in [3.05, 3.63) is 29.8 Å². The van der Waals surface area contributed by atoms with Crippen molar-refractivity contribution in [2.45, 2.75) is 23.5 Å². The van der Waals surface area contributed by atoms with Crippen molar-refractivity contribution < 1.29 is 13.2 Å². The number of ketones is 1. The van der Waals surface area contributed by atoms with Crippen molar-refractivity contribution in [3.63, 3.8) is 0 Å². The summed E-state index contributed by atoms with van der Waals surface area (Å²) in [6.45, 7) is 3.39. The number of rotatable bonds is 3. The summed E-state index contributed by atoms with van der Waals surface area (Å²) in [4.78, 5) is 12.0. The number of Topliss-reactive ketones (excluding diaryl/α,β-unsaturated/α-hetero) is 1. The fraction of sp³-hybridized carbons (Fsp3) is 0.364. The van der Waals surface area contributed by atoms with Crippen LogP contribution in [-0.4, -0.2) is 25.2 Å². The standard InChI is InChI=1S/C11H14O3S2/c1-11(2,15)10(12)8-4-6-9(7-5-8)16(3,13)14/h4-7,15H,1-3H3. The maximum Gasteiger partial charge on any atom is 0.178 e. The highest BCUT2D eigenvalue weighted by Gasteiger charge is 2.24. The van der Waals surface area contributed by atoms with Crippen LogP contribution in [0.2, 0.25) is 0 Å². The fourth-order valence-electron chi connectivity index (χ4n) is 1.21. The average molecular weight is 258 g/mol. The van der Waals surface area contributed by atoms with E-state index in [0.717, 1.165) is 6.26 Å². The fourth-order valence-corrected chi connectivity index (χ4v) is 1.97. The summed E-state index contributed by atoms with van der Waals surface area (Å²) in [5.74, 6) is -0.129. The Bertz CT molecular complexity index is 493. The van der Waals surface area contributed by atoms with E-state index in [4.69, 9.17) is 0 Å². The van der Waals surface area contributed by atoms with E-state index in [1.165, 1.54) is 24.3 Å². The van der Waals surface area contributed by atoms with E-state index in [0.29, 0.717) is 5.56 Å². The van der Waals surface area contributed by atoms with Crippen LogP contribution in [0.25, 0.3) is 0 Å². The minimum Gasteiger partial charge on any atom is -0.293 e. The van der Waals surface area contributed by atoms with Gasteiger partial charge in [-0.2, -0.15) is 12.6 Å². The normalized spacial score (nSPS) is 12.5. The first-order chi connectivity index (χ1) is 7.12. The average Bonchev–Trinajstić information content (AvgIpc) is 2.14. The maximum atomic E-state index is 11.8. The monoisotopic (exact) mass is 258 g/mol. The first-order valence-electron chi connectivity index (χ1n) is 4.69. The zero-order valence-electron chi connectivity index (χ0n) is 9.39.